The SMILES string of the molecule is CCOC(=O)c1ncn2c1Cn1nnc(CC)c1-c1cc(CO)ccc1-2.CCc1nnn2c1-c1cc(CO)ccc1-n1cnc(C(=O)O)c1C2. The Morgan fingerprint density at radius 3 is 1.66 bits per heavy atom. The number of aliphatic hydroxyl groups excluding tert-OH is 2. The van der Waals surface area contributed by atoms with Gasteiger partial charge in [0, 0.05) is 11.1 Å². The van der Waals surface area contributed by atoms with Crippen molar-refractivity contribution in [1.29, 1.82) is 0 Å². The van der Waals surface area contributed by atoms with Crippen LogP contribution in [-0.4, -0.2) is 83.0 Å². The molecular weight excluding hydrogens is 644 g/mol. The minimum absolute atomic E-state index is 0.00795. The number of aliphatic hydroxyl groups is 2. The first kappa shape index (κ1) is 32.5. The molecule has 0 aliphatic carbocycles. The van der Waals surface area contributed by atoms with Crippen LogP contribution in [0.2, 0.25) is 0 Å². The zero-order valence-corrected chi connectivity index (χ0v) is 27.6. The Bertz CT molecular complexity index is 2260. The number of rotatable bonds is 7. The molecule has 0 bridgehead atoms. The molecular formula is C34H34N10O6. The van der Waals surface area contributed by atoms with Gasteiger partial charge in [0.15, 0.2) is 11.4 Å². The van der Waals surface area contributed by atoms with E-state index in [4.69, 9.17) is 4.74 Å². The molecule has 50 heavy (non-hydrogen) atoms. The zero-order valence-electron chi connectivity index (χ0n) is 27.6. The first-order chi connectivity index (χ1) is 24.3. The summed E-state index contributed by atoms with van der Waals surface area (Å²) in [6, 6.07) is 11.3. The fraction of sp³-hybridized carbons (Fsp3) is 0.294. The summed E-state index contributed by atoms with van der Waals surface area (Å²) in [5.41, 5.74) is 10.0. The quantitative estimate of drug-likeness (QED) is 0.208. The highest BCUT2D eigenvalue weighted by molar-refractivity contribution is 5.89. The Balaban J connectivity index is 0.000000157. The van der Waals surface area contributed by atoms with Gasteiger partial charge in [-0.2, -0.15) is 0 Å². The summed E-state index contributed by atoms with van der Waals surface area (Å²) in [4.78, 5) is 32.1. The van der Waals surface area contributed by atoms with Crippen molar-refractivity contribution in [2.45, 2.75) is 59.9 Å². The van der Waals surface area contributed by atoms with E-state index < -0.39 is 11.9 Å². The molecule has 2 aliphatic heterocycles. The van der Waals surface area contributed by atoms with E-state index in [1.54, 1.807) is 27.2 Å². The first-order valence-electron chi connectivity index (χ1n) is 16.2. The molecule has 0 saturated heterocycles. The van der Waals surface area contributed by atoms with E-state index in [2.05, 4.69) is 30.6 Å². The van der Waals surface area contributed by atoms with E-state index in [0.717, 1.165) is 62.8 Å². The number of nitrogens with zero attached hydrogens (tertiary/aromatic N) is 10. The molecule has 256 valence electrons. The Hall–Kier alpha value is -6.00. The molecule has 0 unspecified atom stereocenters. The third-order valence-electron chi connectivity index (χ3n) is 8.80. The summed E-state index contributed by atoms with van der Waals surface area (Å²) in [5, 5.41) is 45.4. The number of carbonyl (C=O) groups excluding carboxylic acids is 1. The minimum Gasteiger partial charge on any atom is -0.476 e. The van der Waals surface area contributed by atoms with Crippen molar-refractivity contribution < 1.29 is 29.6 Å². The molecule has 4 aromatic heterocycles. The third kappa shape index (κ3) is 5.34. The van der Waals surface area contributed by atoms with Gasteiger partial charge in [0.05, 0.1) is 78.4 Å². The van der Waals surface area contributed by atoms with Crippen molar-refractivity contribution in [3.8, 4) is 33.9 Å². The van der Waals surface area contributed by atoms with Crippen LogP contribution in [0.25, 0.3) is 33.9 Å². The van der Waals surface area contributed by atoms with Gasteiger partial charge in [0.2, 0.25) is 0 Å². The molecule has 16 nitrogen and oxygen atoms in total. The molecule has 0 amide bonds. The second-order valence-electron chi connectivity index (χ2n) is 11.7. The number of esters is 1. The highest BCUT2D eigenvalue weighted by Crippen LogP contribution is 2.36. The van der Waals surface area contributed by atoms with Crippen LogP contribution in [0.3, 0.4) is 0 Å². The predicted octanol–water partition coefficient (Wildman–Crippen LogP) is 2.97. The van der Waals surface area contributed by atoms with Crippen LogP contribution in [0.15, 0.2) is 49.1 Å². The Morgan fingerprint density at radius 2 is 1.22 bits per heavy atom. The highest BCUT2D eigenvalue weighted by atomic mass is 16.5. The van der Waals surface area contributed by atoms with Gasteiger partial charge in [-0.1, -0.05) is 36.4 Å². The monoisotopic (exact) mass is 678 g/mol. The molecule has 16 heteroatoms. The molecule has 3 N–H and O–H groups in total. The molecule has 8 rings (SSSR count). The lowest BCUT2D eigenvalue weighted by atomic mass is 10.0. The first-order valence-corrected chi connectivity index (χ1v) is 16.2. The molecule has 2 aromatic carbocycles. The molecule has 2 aliphatic rings. The lowest BCUT2D eigenvalue weighted by Gasteiger charge is -2.11. The number of aromatic carboxylic acids is 1. The van der Waals surface area contributed by atoms with E-state index in [9.17, 15) is 24.9 Å². The molecule has 0 saturated carbocycles. The van der Waals surface area contributed by atoms with Crippen LogP contribution < -0.4 is 0 Å². The van der Waals surface area contributed by atoms with Crippen molar-refractivity contribution >= 4 is 11.9 Å². The van der Waals surface area contributed by atoms with Crippen LogP contribution in [0, 0.1) is 0 Å². The van der Waals surface area contributed by atoms with Gasteiger partial charge in [0.25, 0.3) is 0 Å². The fourth-order valence-electron chi connectivity index (χ4n) is 6.44. The van der Waals surface area contributed by atoms with Gasteiger partial charge in [-0.25, -0.2) is 28.9 Å². The molecule has 0 atom stereocenters. The number of hydrogen-bond donors (Lipinski definition) is 3. The number of ether oxygens (including phenoxy) is 1. The normalized spacial score (nSPS) is 12.2. The largest absolute Gasteiger partial charge is 0.476 e. The average molecular weight is 679 g/mol. The molecule has 6 aromatic rings. The second kappa shape index (κ2) is 13.1. The van der Waals surface area contributed by atoms with Gasteiger partial charge < -0.3 is 20.1 Å². The summed E-state index contributed by atoms with van der Waals surface area (Å²) in [7, 11) is 0. The van der Waals surface area contributed by atoms with Crippen molar-refractivity contribution in [3.63, 3.8) is 0 Å². The van der Waals surface area contributed by atoms with Crippen LogP contribution in [0.5, 0.6) is 0 Å². The number of aromatic nitrogens is 10. The number of carbonyl (C=O) groups is 2. The Morgan fingerprint density at radius 1 is 0.740 bits per heavy atom. The minimum atomic E-state index is -1.07. The maximum absolute atomic E-state index is 12.3. The van der Waals surface area contributed by atoms with Gasteiger partial charge in [0.1, 0.15) is 12.7 Å². The summed E-state index contributed by atoms with van der Waals surface area (Å²) in [6.07, 6.45) is 4.58. The fourth-order valence-corrected chi connectivity index (χ4v) is 6.44. The number of carboxylic acid groups (broad SMARTS) is 1. The summed E-state index contributed by atoms with van der Waals surface area (Å²) >= 11 is 0. The van der Waals surface area contributed by atoms with Crippen molar-refractivity contribution in [2.75, 3.05) is 6.61 Å². The van der Waals surface area contributed by atoms with Crippen molar-refractivity contribution in [2.24, 2.45) is 0 Å². The topological polar surface area (TPSA) is 201 Å². The van der Waals surface area contributed by atoms with E-state index >= 15 is 0 Å². The van der Waals surface area contributed by atoms with E-state index in [1.807, 2.05) is 54.8 Å². The average Bonchev–Trinajstić information content (AvgIpc) is 3.91. The number of imidazole rings is 2. The molecule has 0 fully saturated rings. The smallest absolute Gasteiger partial charge is 0.358 e. The van der Waals surface area contributed by atoms with Gasteiger partial charge in [-0.15, -0.1) is 10.2 Å². The molecule has 0 radical (unpaired) electrons. The predicted molar refractivity (Wildman–Crippen MR) is 177 cm³/mol. The summed E-state index contributed by atoms with van der Waals surface area (Å²) < 4.78 is 12.3. The van der Waals surface area contributed by atoms with Gasteiger partial charge in [-0.3, -0.25) is 9.13 Å². The third-order valence-corrected chi connectivity index (χ3v) is 8.80. The second-order valence-corrected chi connectivity index (χ2v) is 11.7. The van der Waals surface area contributed by atoms with Crippen LogP contribution >= 0.6 is 0 Å². The summed E-state index contributed by atoms with van der Waals surface area (Å²) in [5.74, 6) is -1.52. The van der Waals surface area contributed by atoms with Gasteiger partial charge in [-0.05, 0) is 55.2 Å². The zero-order chi connectivity index (χ0) is 35.1. The number of fused-ring (bicyclic) bond motifs is 10. The number of aryl methyl sites for hydroxylation is 2. The highest BCUT2D eigenvalue weighted by Gasteiger charge is 2.30. The molecule has 0 spiro atoms. The maximum atomic E-state index is 12.3. The number of benzene rings is 2. The van der Waals surface area contributed by atoms with Gasteiger partial charge >= 0.3 is 11.9 Å². The number of hydrogen-bond acceptors (Lipinski definition) is 11. The van der Waals surface area contributed by atoms with Crippen LogP contribution in [-0.2, 0) is 43.9 Å². The van der Waals surface area contributed by atoms with Crippen LogP contribution in [0.1, 0.15) is 75.7 Å². The maximum Gasteiger partial charge on any atom is 0.358 e. The van der Waals surface area contributed by atoms with Crippen LogP contribution in [0.4, 0.5) is 0 Å². The van der Waals surface area contributed by atoms with E-state index in [1.165, 1.54) is 6.33 Å². The van der Waals surface area contributed by atoms with Crippen molar-refractivity contribution in [1.82, 2.24) is 49.1 Å². The van der Waals surface area contributed by atoms with E-state index in [-0.39, 0.29) is 37.8 Å². The van der Waals surface area contributed by atoms with E-state index in [0.29, 0.717) is 24.4 Å². The number of carboxylic acids is 1. The Labute approximate surface area is 285 Å². The molecule has 6 heterocycles. The lowest BCUT2D eigenvalue weighted by molar-refractivity contribution is 0.0518. The lowest BCUT2D eigenvalue weighted by Crippen LogP contribution is -2.12. The summed E-state index contributed by atoms with van der Waals surface area (Å²) in [6.45, 7) is 6.58. The standard InChI is InChI=1S/C18H19N5O3.C16H15N5O3/c1-3-13-17-12-7-11(9-24)5-6-14(12)22-10-19-16(18(25)26-4-2)15(22)8-23(17)21-20-13;1-2-11-15-10-5-9(7-22)3-4-12(10)20-8-17-14(16(23)24)13(20)6-21(15)19-18-11/h5-7,10,24H,3-4,8-9H2,1-2H3;3-5,8,22H,2,6-7H2,1H3,(H,23,24). The Kier molecular flexibility index (Phi) is 8.55. The van der Waals surface area contributed by atoms with Crippen molar-refractivity contribution in [3.05, 3.63) is 94.3 Å².